The standard InChI is InChI=1S/C22H23N3O2/c1-15-8-10-17(11-9-15)20-23-21(27-24-20)19-7-4-12-25(14-19)22(26)18-6-3-5-16(2)13-18/h3,5-6,8-11,13,19H,4,7,12,14H2,1-2H3/t19-/m0/s1. The Morgan fingerprint density at radius 1 is 1.11 bits per heavy atom. The monoisotopic (exact) mass is 361 g/mol. The van der Waals surface area contributed by atoms with Gasteiger partial charge >= 0.3 is 0 Å². The van der Waals surface area contributed by atoms with Gasteiger partial charge in [0.1, 0.15) is 0 Å². The fourth-order valence-electron chi connectivity index (χ4n) is 3.54. The van der Waals surface area contributed by atoms with Gasteiger partial charge in [-0.1, -0.05) is 52.7 Å². The third kappa shape index (κ3) is 3.77. The van der Waals surface area contributed by atoms with E-state index in [2.05, 4.69) is 10.1 Å². The predicted molar refractivity (Wildman–Crippen MR) is 104 cm³/mol. The highest BCUT2D eigenvalue weighted by Crippen LogP contribution is 2.28. The number of carbonyl (C=O) groups excluding carboxylic acids is 1. The Morgan fingerprint density at radius 3 is 2.70 bits per heavy atom. The Bertz CT molecular complexity index is 946. The van der Waals surface area contributed by atoms with E-state index >= 15 is 0 Å². The van der Waals surface area contributed by atoms with Gasteiger partial charge in [0.2, 0.25) is 11.7 Å². The summed E-state index contributed by atoms with van der Waals surface area (Å²) in [5.41, 5.74) is 3.97. The molecule has 1 saturated heterocycles. The van der Waals surface area contributed by atoms with Crippen LogP contribution in [0.2, 0.25) is 0 Å². The van der Waals surface area contributed by atoms with Crippen LogP contribution in [0.3, 0.4) is 0 Å². The van der Waals surface area contributed by atoms with E-state index in [0.717, 1.165) is 36.1 Å². The number of rotatable bonds is 3. The zero-order chi connectivity index (χ0) is 18.8. The molecular weight excluding hydrogens is 338 g/mol. The maximum Gasteiger partial charge on any atom is 0.253 e. The first-order chi connectivity index (χ1) is 13.1. The summed E-state index contributed by atoms with van der Waals surface area (Å²) >= 11 is 0. The molecule has 0 N–H and O–H groups in total. The van der Waals surface area contributed by atoms with Crippen LogP contribution in [0.5, 0.6) is 0 Å². The van der Waals surface area contributed by atoms with Crippen molar-refractivity contribution in [3.8, 4) is 11.4 Å². The molecule has 4 rings (SSSR count). The Hall–Kier alpha value is -2.95. The van der Waals surface area contributed by atoms with Gasteiger partial charge in [0, 0.05) is 24.2 Å². The molecule has 5 heteroatoms. The number of likely N-dealkylation sites (tertiary alicyclic amines) is 1. The van der Waals surface area contributed by atoms with Gasteiger partial charge in [0.15, 0.2) is 0 Å². The predicted octanol–water partition coefficient (Wildman–Crippen LogP) is 4.37. The van der Waals surface area contributed by atoms with Crippen molar-refractivity contribution in [2.45, 2.75) is 32.6 Å². The van der Waals surface area contributed by atoms with Gasteiger partial charge in [-0.3, -0.25) is 4.79 Å². The summed E-state index contributed by atoms with van der Waals surface area (Å²) in [4.78, 5) is 19.3. The third-order valence-corrected chi connectivity index (χ3v) is 5.07. The quantitative estimate of drug-likeness (QED) is 0.695. The van der Waals surface area contributed by atoms with E-state index in [9.17, 15) is 4.79 Å². The van der Waals surface area contributed by atoms with Crippen LogP contribution in [0.1, 0.15) is 46.1 Å². The van der Waals surface area contributed by atoms with Gasteiger partial charge in [-0.2, -0.15) is 4.98 Å². The second-order valence-electron chi connectivity index (χ2n) is 7.28. The van der Waals surface area contributed by atoms with Gasteiger partial charge < -0.3 is 9.42 Å². The van der Waals surface area contributed by atoms with Crippen LogP contribution in [-0.4, -0.2) is 34.0 Å². The van der Waals surface area contributed by atoms with E-state index in [1.807, 2.05) is 67.3 Å². The van der Waals surface area contributed by atoms with Gasteiger partial charge in [0.25, 0.3) is 5.91 Å². The van der Waals surface area contributed by atoms with E-state index in [0.29, 0.717) is 18.3 Å². The lowest BCUT2D eigenvalue weighted by molar-refractivity contribution is 0.0695. The molecule has 3 aromatic rings. The van der Waals surface area contributed by atoms with Crippen LogP contribution < -0.4 is 0 Å². The molecule has 1 fully saturated rings. The largest absolute Gasteiger partial charge is 0.339 e. The minimum atomic E-state index is 0.0710. The molecule has 1 aromatic heterocycles. The van der Waals surface area contributed by atoms with E-state index in [1.165, 1.54) is 5.56 Å². The van der Waals surface area contributed by atoms with E-state index in [-0.39, 0.29) is 11.8 Å². The van der Waals surface area contributed by atoms with Crippen LogP contribution in [-0.2, 0) is 0 Å². The molecule has 2 aromatic carbocycles. The van der Waals surface area contributed by atoms with E-state index in [4.69, 9.17) is 4.52 Å². The fraction of sp³-hybridized carbons (Fsp3) is 0.318. The molecule has 2 heterocycles. The number of nitrogens with zero attached hydrogens (tertiary/aromatic N) is 3. The summed E-state index contributed by atoms with van der Waals surface area (Å²) in [6.07, 6.45) is 1.89. The van der Waals surface area contributed by atoms with Crippen molar-refractivity contribution in [2.75, 3.05) is 13.1 Å². The summed E-state index contributed by atoms with van der Waals surface area (Å²) in [7, 11) is 0. The molecule has 0 spiro atoms. The Kier molecular flexibility index (Phi) is 4.75. The average molecular weight is 361 g/mol. The first-order valence-electron chi connectivity index (χ1n) is 9.37. The maximum atomic E-state index is 12.8. The molecule has 1 aliphatic rings. The fourth-order valence-corrected chi connectivity index (χ4v) is 3.54. The number of hydrogen-bond donors (Lipinski definition) is 0. The molecule has 1 aliphatic heterocycles. The number of piperidine rings is 1. The van der Waals surface area contributed by atoms with Crippen LogP contribution in [0.4, 0.5) is 0 Å². The van der Waals surface area contributed by atoms with Crippen LogP contribution >= 0.6 is 0 Å². The summed E-state index contributed by atoms with van der Waals surface area (Å²) in [6, 6.07) is 15.8. The minimum absolute atomic E-state index is 0.0710. The van der Waals surface area contributed by atoms with Crippen molar-refractivity contribution in [3.63, 3.8) is 0 Å². The highest BCUT2D eigenvalue weighted by atomic mass is 16.5. The molecular formula is C22H23N3O2. The SMILES string of the molecule is Cc1ccc(-c2noc([C@H]3CCCN(C(=O)c4cccc(C)c4)C3)n2)cc1. The van der Waals surface area contributed by atoms with Crippen molar-refractivity contribution in [2.24, 2.45) is 0 Å². The smallest absolute Gasteiger partial charge is 0.253 e. The second-order valence-corrected chi connectivity index (χ2v) is 7.28. The first-order valence-corrected chi connectivity index (χ1v) is 9.37. The van der Waals surface area contributed by atoms with Gasteiger partial charge in [-0.15, -0.1) is 0 Å². The molecule has 5 nitrogen and oxygen atoms in total. The molecule has 138 valence electrons. The number of amides is 1. The van der Waals surface area contributed by atoms with Gasteiger partial charge in [-0.05, 0) is 38.8 Å². The summed E-state index contributed by atoms with van der Waals surface area (Å²) in [5.74, 6) is 1.38. The van der Waals surface area contributed by atoms with Crippen LogP contribution in [0.25, 0.3) is 11.4 Å². The summed E-state index contributed by atoms with van der Waals surface area (Å²) < 4.78 is 5.54. The van der Waals surface area contributed by atoms with Crippen LogP contribution in [0.15, 0.2) is 53.1 Å². The maximum absolute atomic E-state index is 12.8. The van der Waals surface area contributed by atoms with Crippen molar-refractivity contribution in [1.29, 1.82) is 0 Å². The lowest BCUT2D eigenvalue weighted by Crippen LogP contribution is -2.39. The number of aromatic nitrogens is 2. The number of hydrogen-bond acceptors (Lipinski definition) is 4. The molecule has 27 heavy (non-hydrogen) atoms. The zero-order valence-corrected chi connectivity index (χ0v) is 15.7. The van der Waals surface area contributed by atoms with E-state index < -0.39 is 0 Å². The number of aryl methyl sites for hydroxylation is 2. The van der Waals surface area contributed by atoms with Crippen molar-refractivity contribution in [1.82, 2.24) is 15.0 Å². The van der Waals surface area contributed by atoms with Gasteiger partial charge in [0.05, 0.1) is 5.92 Å². The number of benzene rings is 2. The van der Waals surface area contributed by atoms with E-state index in [1.54, 1.807) is 0 Å². The first kappa shape index (κ1) is 17.5. The Labute approximate surface area is 159 Å². The van der Waals surface area contributed by atoms with Crippen LogP contribution in [0, 0.1) is 13.8 Å². The van der Waals surface area contributed by atoms with Crippen molar-refractivity contribution in [3.05, 3.63) is 71.1 Å². The third-order valence-electron chi connectivity index (χ3n) is 5.07. The van der Waals surface area contributed by atoms with Crippen molar-refractivity contribution >= 4 is 5.91 Å². The molecule has 0 radical (unpaired) electrons. The molecule has 0 aliphatic carbocycles. The molecule has 0 unspecified atom stereocenters. The lowest BCUT2D eigenvalue weighted by atomic mass is 9.97. The van der Waals surface area contributed by atoms with Crippen molar-refractivity contribution < 1.29 is 9.32 Å². The summed E-state index contributed by atoms with van der Waals surface area (Å²) in [6.45, 7) is 5.43. The Morgan fingerprint density at radius 2 is 1.93 bits per heavy atom. The molecule has 0 bridgehead atoms. The second kappa shape index (κ2) is 7.35. The molecule has 0 saturated carbocycles. The normalized spacial score (nSPS) is 17.1. The highest BCUT2D eigenvalue weighted by molar-refractivity contribution is 5.94. The summed E-state index contributed by atoms with van der Waals surface area (Å²) in [5, 5.41) is 4.14. The minimum Gasteiger partial charge on any atom is -0.339 e. The topological polar surface area (TPSA) is 59.2 Å². The average Bonchev–Trinajstić information content (AvgIpc) is 3.18. The zero-order valence-electron chi connectivity index (χ0n) is 15.7. The molecule has 1 amide bonds. The Balaban J connectivity index is 1.50. The highest BCUT2D eigenvalue weighted by Gasteiger charge is 2.29. The number of carbonyl (C=O) groups is 1. The lowest BCUT2D eigenvalue weighted by Gasteiger charge is -2.31. The van der Waals surface area contributed by atoms with Gasteiger partial charge in [-0.25, -0.2) is 0 Å². The molecule has 1 atom stereocenters.